The molecule has 2 aliphatic rings. The Morgan fingerprint density at radius 2 is 1.58 bits per heavy atom. The number of hydrogen-bond acceptors (Lipinski definition) is 11. The van der Waals surface area contributed by atoms with E-state index in [1.165, 1.54) is 13.1 Å². The highest BCUT2D eigenvalue weighted by Gasteiger charge is 2.67. The zero-order valence-electron chi connectivity index (χ0n) is 32.8. The second-order valence-corrected chi connectivity index (χ2v) is 27.9. The molecule has 4 rings (SSSR count). The molecule has 3 N–H and O–H groups in total. The first-order chi connectivity index (χ1) is 24.2. The Kier molecular flexibility index (Phi) is 12.2. The van der Waals surface area contributed by atoms with Gasteiger partial charge in [0.05, 0.1) is 17.7 Å². The van der Waals surface area contributed by atoms with Crippen LogP contribution in [-0.2, 0) is 39.2 Å². The van der Waals surface area contributed by atoms with Crippen LogP contribution in [0.15, 0.2) is 57.2 Å². The van der Waals surface area contributed by atoms with Gasteiger partial charge in [0.1, 0.15) is 12.2 Å². The van der Waals surface area contributed by atoms with Crippen molar-refractivity contribution < 1.29 is 35.8 Å². The monoisotopic (exact) mass is 792 g/mol. The number of amides is 1. The lowest BCUT2D eigenvalue weighted by Crippen LogP contribution is -2.59. The van der Waals surface area contributed by atoms with Crippen molar-refractivity contribution in [3.05, 3.63) is 79.6 Å². The topological polar surface area (TPSA) is 187 Å². The highest BCUT2D eigenvalue weighted by atomic mass is 32.2. The molecule has 0 bridgehead atoms. The van der Waals surface area contributed by atoms with E-state index in [2.05, 4.69) is 26.1 Å². The number of aromatic nitrogens is 2. The number of carbonyl (C=O) groups is 2. The molecule has 3 heterocycles. The third-order valence-corrected chi connectivity index (χ3v) is 21.0. The van der Waals surface area contributed by atoms with Crippen molar-refractivity contribution in [2.45, 2.75) is 135 Å². The van der Waals surface area contributed by atoms with Crippen LogP contribution < -0.4 is 22.3 Å². The van der Waals surface area contributed by atoms with E-state index in [1.807, 2.05) is 77.3 Å². The predicted molar refractivity (Wildman–Crippen MR) is 207 cm³/mol. The van der Waals surface area contributed by atoms with Gasteiger partial charge in [0, 0.05) is 31.1 Å². The third-order valence-electron chi connectivity index (χ3n) is 11.0. The van der Waals surface area contributed by atoms with Crippen molar-refractivity contribution in [3.8, 4) is 0 Å². The fourth-order valence-electron chi connectivity index (χ4n) is 5.71. The molecule has 294 valence electrons. The minimum Gasteiger partial charge on any atom is -0.414 e. The molecule has 0 aliphatic carbocycles. The number of benzene rings is 1. The second kappa shape index (κ2) is 15.1. The molecular formula is C36H56N4O10SSi2. The molecule has 1 aromatic carbocycles. The maximum atomic E-state index is 14.3. The van der Waals surface area contributed by atoms with Crippen LogP contribution in [0, 0.1) is 6.92 Å². The summed E-state index contributed by atoms with van der Waals surface area (Å²) in [7, 11) is -9.60. The van der Waals surface area contributed by atoms with Crippen LogP contribution in [0.4, 0.5) is 0 Å². The summed E-state index contributed by atoms with van der Waals surface area (Å²) < 4.78 is 53.8. The SMILES string of the molecule is Cc1cn([C@@H]2O[C@H](CO[Si](C)(C)C(C)(C)C)[C@@]3(OS(=O)(=O)C=C3N)[C@H]2O[Si](C)(C)C(C)(C)C)c(=O)n(C(=O)CCCC(=O)NCc2ccccc2)c1=O. The molecule has 0 saturated carbocycles. The lowest BCUT2D eigenvalue weighted by atomic mass is 9.89. The Morgan fingerprint density at radius 3 is 2.13 bits per heavy atom. The van der Waals surface area contributed by atoms with Gasteiger partial charge in [-0.05, 0) is 55.2 Å². The van der Waals surface area contributed by atoms with Crippen LogP contribution >= 0.6 is 0 Å². The van der Waals surface area contributed by atoms with Crippen molar-refractivity contribution in [3.63, 3.8) is 0 Å². The number of hydrogen-bond donors (Lipinski definition) is 2. The third kappa shape index (κ3) is 8.87. The van der Waals surface area contributed by atoms with Gasteiger partial charge < -0.3 is 24.6 Å². The van der Waals surface area contributed by atoms with E-state index in [0.29, 0.717) is 11.1 Å². The molecule has 2 aromatic rings. The molecule has 17 heteroatoms. The zero-order chi connectivity index (χ0) is 39.9. The normalized spacial score (nSPS) is 23.3. The fourth-order valence-corrected chi connectivity index (χ4v) is 9.22. The van der Waals surface area contributed by atoms with E-state index in [-0.39, 0.29) is 48.1 Å². The van der Waals surface area contributed by atoms with Crippen molar-refractivity contribution in [2.75, 3.05) is 6.61 Å². The first-order valence-electron chi connectivity index (χ1n) is 17.8. The van der Waals surface area contributed by atoms with Gasteiger partial charge in [-0.2, -0.15) is 13.0 Å². The first-order valence-corrected chi connectivity index (χ1v) is 25.1. The lowest BCUT2D eigenvalue weighted by molar-refractivity contribution is -0.121. The summed E-state index contributed by atoms with van der Waals surface area (Å²) in [6.45, 7) is 21.8. The number of nitrogens with one attached hydrogen (secondary N) is 1. The molecule has 2 aliphatic heterocycles. The summed E-state index contributed by atoms with van der Waals surface area (Å²) in [6.07, 6.45) is -2.81. The minimum absolute atomic E-state index is 0.00263. The highest BCUT2D eigenvalue weighted by Crippen LogP contribution is 2.52. The molecule has 4 atom stereocenters. The first kappa shape index (κ1) is 42.5. The van der Waals surface area contributed by atoms with Crippen LogP contribution in [0.2, 0.25) is 36.3 Å². The smallest absolute Gasteiger partial charge is 0.340 e. The molecule has 53 heavy (non-hydrogen) atoms. The van der Waals surface area contributed by atoms with Gasteiger partial charge in [-0.3, -0.25) is 19.0 Å². The van der Waals surface area contributed by atoms with E-state index >= 15 is 0 Å². The molecular weight excluding hydrogens is 737 g/mol. The zero-order valence-corrected chi connectivity index (χ0v) is 35.6. The maximum absolute atomic E-state index is 14.3. The number of ether oxygens (including phenoxy) is 1. The molecule has 1 amide bonds. The van der Waals surface area contributed by atoms with E-state index in [4.69, 9.17) is 23.5 Å². The van der Waals surface area contributed by atoms with Crippen LogP contribution in [0.25, 0.3) is 0 Å². The number of aryl methyl sites for hydroxylation is 1. The Labute approximate surface area is 314 Å². The van der Waals surface area contributed by atoms with Gasteiger partial charge in [-0.1, -0.05) is 71.9 Å². The van der Waals surface area contributed by atoms with Gasteiger partial charge in [-0.25, -0.2) is 8.98 Å². The number of nitrogens with two attached hydrogens (primary N) is 1. The van der Waals surface area contributed by atoms with Gasteiger partial charge in [-0.15, -0.1) is 0 Å². The van der Waals surface area contributed by atoms with Crippen molar-refractivity contribution in [1.29, 1.82) is 0 Å². The van der Waals surface area contributed by atoms with Crippen molar-refractivity contribution in [2.24, 2.45) is 5.73 Å². The summed E-state index contributed by atoms with van der Waals surface area (Å²) in [6, 6.07) is 9.36. The Bertz CT molecular complexity index is 1960. The summed E-state index contributed by atoms with van der Waals surface area (Å²) in [5.74, 6) is -1.09. The van der Waals surface area contributed by atoms with Crippen LogP contribution in [0.3, 0.4) is 0 Å². The Hall–Kier alpha value is -3.20. The van der Waals surface area contributed by atoms with E-state index < -0.39 is 73.0 Å². The maximum Gasteiger partial charge on any atom is 0.340 e. The van der Waals surface area contributed by atoms with Gasteiger partial charge in [0.15, 0.2) is 28.5 Å². The van der Waals surface area contributed by atoms with Crippen molar-refractivity contribution >= 4 is 38.6 Å². The standard InChI is InChI=1S/C36H56N4O10SSi2/c1-24-21-39(33(44)40(31(24)43)29(42)19-15-18-28(41)38-20-25-16-13-12-14-17-25)32-30(49-53(10,11)35(5,6)7)36(26(37)23-51(45,46)50-36)27(48-32)22-47-52(8,9)34(2,3)4/h12-14,16-17,21,23,27,30,32H,15,18-20,22,37H2,1-11H3,(H,38,41)/t27-,30+,32-,36-/m1/s1. The predicted octanol–water partition coefficient (Wildman–Crippen LogP) is 4.65. The molecule has 0 unspecified atom stereocenters. The summed E-state index contributed by atoms with van der Waals surface area (Å²) in [4.78, 5) is 53.7. The van der Waals surface area contributed by atoms with E-state index in [1.54, 1.807) is 0 Å². The Morgan fingerprint density at radius 1 is 0.981 bits per heavy atom. The fraction of sp³-hybridized carbons (Fsp3) is 0.611. The van der Waals surface area contributed by atoms with Gasteiger partial charge in [0.25, 0.3) is 15.7 Å². The molecule has 1 aromatic heterocycles. The molecule has 1 saturated heterocycles. The Balaban J connectivity index is 1.75. The molecule has 0 radical (unpaired) electrons. The average Bonchev–Trinajstić information content (AvgIpc) is 3.46. The highest BCUT2D eigenvalue weighted by molar-refractivity contribution is 7.90. The largest absolute Gasteiger partial charge is 0.414 e. The van der Waals surface area contributed by atoms with Gasteiger partial charge >= 0.3 is 5.69 Å². The summed E-state index contributed by atoms with van der Waals surface area (Å²) in [5.41, 5.74) is 3.58. The van der Waals surface area contributed by atoms with Crippen LogP contribution in [0.1, 0.15) is 83.0 Å². The number of rotatable bonds is 12. The van der Waals surface area contributed by atoms with Gasteiger partial charge in [0.2, 0.25) is 11.8 Å². The quantitative estimate of drug-likeness (QED) is 0.225. The summed E-state index contributed by atoms with van der Waals surface area (Å²) in [5, 5.41) is 3.02. The molecule has 1 fully saturated rings. The summed E-state index contributed by atoms with van der Waals surface area (Å²) >= 11 is 0. The number of nitrogens with zero attached hydrogens (tertiary/aromatic N) is 2. The lowest BCUT2D eigenvalue weighted by Gasteiger charge is -2.43. The number of carbonyl (C=O) groups excluding carboxylic acids is 2. The van der Waals surface area contributed by atoms with Crippen LogP contribution in [-0.4, -0.2) is 70.4 Å². The molecule has 1 spiro atoms. The van der Waals surface area contributed by atoms with Crippen LogP contribution in [0.5, 0.6) is 0 Å². The minimum atomic E-state index is -4.32. The molecule has 14 nitrogen and oxygen atoms in total. The van der Waals surface area contributed by atoms with E-state index in [9.17, 15) is 27.6 Å². The second-order valence-electron chi connectivity index (χ2n) is 17.0. The average molecular weight is 793 g/mol. The van der Waals surface area contributed by atoms with Crippen molar-refractivity contribution in [1.82, 2.24) is 14.5 Å². The van der Waals surface area contributed by atoms with E-state index in [0.717, 1.165) is 15.5 Å².